The van der Waals surface area contributed by atoms with E-state index < -0.39 is 23.0 Å². The first-order valence-electron chi connectivity index (χ1n) is 5.32. The van der Waals surface area contributed by atoms with Crippen LogP contribution in [-0.4, -0.2) is 23.3 Å². The summed E-state index contributed by atoms with van der Waals surface area (Å²) in [5.41, 5.74) is -1.01. The van der Waals surface area contributed by atoms with Crippen molar-refractivity contribution < 1.29 is 24.1 Å². The molecule has 0 atom stereocenters. The highest BCUT2D eigenvalue weighted by molar-refractivity contribution is 5.83. The van der Waals surface area contributed by atoms with Crippen LogP contribution in [0.4, 0.5) is 4.39 Å². The van der Waals surface area contributed by atoms with Gasteiger partial charge in [0.15, 0.2) is 11.5 Å². The molecule has 1 fully saturated rings. The van der Waals surface area contributed by atoms with Gasteiger partial charge in [-0.3, -0.25) is 4.79 Å². The van der Waals surface area contributed by atoms with Gasteiger partial charge in [0.05, 0.1) is 12.5 Å². The zero-order valence-electron chi connectivity index (χ0n) is 9.36. The number of phenols is 1. The number of hydrogen-bond acceptors (Lipinski definition) is 3. The zero-order valence-corrected chi connectivity index (χ0v) is 9.36. The summed E-state index contributed by atoms with van der Waals surface area (Å²) in [6, 6.07) is 2.76. The van der Waals surface area contributed by atoms with Crippen LogP contribution in [-0.2, 0) is 10.2 Å². The Morgan fingerprint density at radius 3 is 2.53 bits per heavy atom. The van der Waals surface area contributed by atoms with Crippen molar-refractivity contribution in [1.82, 2.24) is 0 Å². The fourth-order valence-electron chi connectivity index (χ4n) is 2.22. The van der Waals surface area contributed by atoms with Crippen molar-refractivity contribution in [2.75, 3.05) is 7.11 Å². The summed E-state index contributed by atoms with van der Waals surface area (Å²) in [6.07, 6.45) is 1.60. The molecular weight excluding hydrogens is 227 g/mol. The molecule has 0 amide bonds. The molecule has 17 heavy (non-hydrogen) atoms. The molecule has 0 radical (unpaired) electrons. The van der Waals surface area contributed by atoms with E-state index in [0.29, 0.717) is 12.8 Å². The van der Waals surface area contributed by atoms with Crippen LogP contribution >= 0.6 is 0 Å². The van der Waals surface area contributed by atoms with E-state index in [4.69, 9.17) is 4.74 Å². The van der Waals surface area contributed by atoms with Crippen LogP contribution in [0.3, 0.4) is 0 Å². The largest absolute Gasteiger partial charge is 0.505 e. The molecule has 0 saturated heterocycles. The van der Waals surface area contributed by atoms with Crippen molar-refractivity contribution in [1.29, 1.82) is 0 Å². The van der Waals surface area contributed by atoms with Gasteiger partial charge < -0.3 is 14.9 Å². The van der Waals surface area contributed by atoms with Gasteiger partial charge in [0.1, 0.15) is 0 Å². The van der Waals surface area contributed by atoms with Gasteiger partial charge in [-0.1, -0.05) is 12.5 Å². The number of benzene rings is 1. The summed E-state index contributed by atoms with van der Waals surface area (Å²) < 4.78 is 18.4. The molecule has 2 rings (SSSR count). The van der Waals surface area contributed by atoms with E-state index in [1.54, 1.807) is 0 Å². The Morgan fingerprint density at radius 2 is 2.12 bits per heavy atom. The number of methoxy groups -OCH3 is 1. The lowest BCUT2D eigenvalue weighted by molar-refractivity contribution is -0.147. The quantitative estimate of drug-likeness (QED) is 0.848. The van der Waals surface area contributed by atoms with Crippen LogP contribution in [0.5, 0.6) is 11.5 Å². The minimum absolute atomic E-state index is 0.0916. The van der Waals surface area contributed by atoms with Gasteiger partial charge in [-0.15, -0.1) is 0 Å². The molecule has 92 valence electrons. The number of hydrogen-bond donors (Lipinski definition) is 2. The highest BCUT2D eigenvalue weighted by atomic mass is 19.1. The average Bonchev–Trinajstić information content (AvgIpc) is 2.22. The Bertz CT molecular complexity index is 466. The summed E-state index contributed by atoms with van der Waals surface area (Å²) in [4.78, 5) is 11.3. The Balaban J connectivity index is 2.53. The minimum atomic E-state index is -1.14. The van der Waals surface area contributed by atoms with Crippen LogP contribution in [0.25, 0.3) is 0 Å². The maximum absolute atomic E-state index is 13.6. The van der Waals surface area contributed by atoms with Crippen LogP contribution in [0.2, 0.25) is 0 Å². The minimum Gasteiger partial charge on any atom is -0.505 e. The van der Waals surface area contributed by atoms with E-state index in [1.807, 2.05) is 0 Å². The van der Waals surface area contributed by atoms with Crippen molar-refractivity contribution in [3.63, 3.8) is 0 Å². The first-order chi connectivity index (χ1) is 8.03. The molecule has 5 heteroatoms. The molecule has 0 unspecified atom stereocenters. The van der Waals surface area contributed by atoms with Gasteiger partial charge in [0.2, 0.25) is 5.82 Å². The first kappa shape index (κ1) is 11.7. The second-order valence-electron chi connectivity index (χ2n) is 4.22. The summed E-state index contributed by atoms with van der Waals surface area (Å²) in [5.74, 6) is -2.64. The lowest BCUT2D eigenvalue weighted by atomic mass is 9.64. The van der Waals surface area contributed by atoms with E-state index in [2.05, 4.69) is 0 Å². The SMILES string of the molecule is COc1ccc(C2(C(=O)O)CCC2)c(O)c1F. The number of aromatic hydroxyl groups is 1. The van der Waals surface area contributed by atoms with E-state index in [0.717, 1.165) is 6.42 Å². The Kier molecular flexibility index (Phi) is 2.69. The normalized spacial score (nSPS) is 17.3. The molecule has 0 heterocycles. The van der Waals surface area contributed by atoms with Crippen LogP contribution < -0.4 is 4.74 Å². The van der Waals surface area contributed by atoms with E-state index in [-0.39, 0.29) is 11.3 Å². The first-order valence-corrected chi connectivity index (χ1v) is 5.32. The smallest absolute Gasteiger partial charge is 0.314 e. The topological polar surface area (TPSA) is 66.8 Å². The summed E-state index contributed by atoms with van der Waals surface area (Å²) in [5, 5.41) is 19.0. The van der Waals surface area contributed by atoms with Gasteiger partial charge >= 0.3 is 5.97 Å². The van der Waals surface area contributed by atoms with E-state index in [9.17, 15) is 19.4 Å². The van der Waals surface area contributed by atoms with Gasteiger partial charge in [0, 0.05) is 5.56 Å². The molecule has 1 aliphatic rings. The monoisotopic (exact) mass is 240 g/mol. The lowest BCUT2D eigenvalue weighted by Gasteiger charge is -2.38. The Morgan fingerprint density at radius 1 is 1.47 bits per heavy atom. The van der Waals surface area contributed by atoms with Crippen LogP contribution in [0.1, 0.15) is 24.8 Å². The second kappa shape index (κ2) is 3.91. The van der Waals surface area contributed by atoms with Crippen LogP contribution in [0.15, 0.2) is 12.1 Å². The number of halogens is 1. The molecular formula is C12H13FO4. The van der Waals surface area contributed by atoms with Crippen LogP contribution in [0, 0.1) is 5.82 Å². The van der Waals surface area contributed by atoms with Crippen molar-refractivity contribution in [3.8, 4) is 11.5 Å². The predicted molar refractivity (Wildman–Crippen MR) is 57.8 cm³/mol. The third kappa shape index (κ3) is 1.53. The predicted octanol–water partition coefficient (Wildman–Crippen LogP) is 2.05. The number of phenolic OH excluding ortho intramolecular Hbond substituents is 1. The van der Waals surface area contributed by atoms with E-state index >= 15 is 0 Å². The number of carbonyl (C=O) groups is 1. The fraction of sp³-hybridized carbons (Fsp3) is 0.417. The Labute approximate surface area is 97.6 Å². The summed E-state index contributed by atoms with van der Waals surface area (Å²) in [6.45, 7) is 0. The maximum atomic E-state index is 13.6. The van der Waals surface area contributed by atoms with Gasteiger partial charge in [-0.05, 0) is 18.9 Å². The molecule has 4 nitrogen and oxygen atoms in total. The third-order valence-corrected chi connectivity index (χ3v) is 3.43. The highest BCUT2D eigenvalue weighted by Gasteiger charge is 2.48. The molecule has 1 aromatic rings. The number of rotatable bonds is 3. The fourth-order valence-corrected chi connectivity index (χ4v) is 2.22. The number of ether oxygens (including phenoxy) is 1. The summed E-state index contributed by atoms with van der Waals surface area (Å²) >= 11 is 0. The summed E-state index contributed by atoms with van der Waals surface area (Å²) in [7, 11) is 1.29. The van der Waals surface area contributed by atoms with Gasteiger partial charge in [-0.2, -0.15) is 4.39 Å². The maximum Gasteiger partial charge on any atom is 0.314 e. The average molecular weight is 240 g/mol. The highest BCUT2D eigenvalue weighted by Crippen LogP contribution is 2.48. The van der Waals surface area contributed by atoms with Gasteiger partial charge in [-0.25, -0.2) is 0 Å². The number of carboxylic acid groups (broad SMARTS) is 1. The Hall–Kier alpha value is -1.78. The van der Waals surface area contributed by atoms with E-state index in [1.165, 1.54) is 19.2 Å². The number of carboxylic acids is 1. The lowest BCUT2D eigenvalue weighted by Crippen LogP contribution is -2.42. The third-order valence-electron chi connectivity index (χ3n) is 3.43. The van der Waals surface area contributed by atoms with Crippen molar-refractivity contribution in [3.05, 3.63) is 23.5 Å². The second-order valence-corrected chi connectivity index (χ2v) is 4.22. The molecule has 0 aromatic heterocycles. The molecule has 1 aliphatic carbocycles. The molecule has 0 aliphatic heterocycles. The van der Waals surface area contributed by atoms with Crippen molar-refractivity contribution >= 4 is 5.97 Å². The molecule has 0 bridgehead atoms. The van der Waals surface area contributed by atoms with Crippen molar-refractivity contribution in [2.24, 2.45) is 0 Å². The molecule has 1 aromatic carbocycles. The van der Waals surface area contributed by atoms with Gasteiger partial charge in [0.25, 0.3) is 0 Å². The molecule has 2 N–H and O–H groups in total. The molecule has 1 saturated carbocycles. The standard InChI is InChI=1S/C12H13FO4/c1-17-8-4-3-7(10(14)9(8)13)12(11(15)16)5-2-6-12/h3-4,14H,2,5-6H2,1H3,(H,15,16). The van der Waals surface area contributed by atoms with Crippen molar-refractivity contribution in [2.45, 2.75) is 24.7 Å². The number of aliphatic carboxylic acids is 1. The molecule has 0 spiro atoms. The zero-order chi connectivity index (χ0) is 12.6.